The van der Waals surface area contributed by atoms with Crippen molar-refractivity contribution in [3.63, 3.8) is 0 Å². The summed E-state index contributed by atoms with van der Waals surface area (Å²) in [6, 6.07) is 2.72. The lowest BCUT2D eigenvalue weighted by molar-refractivity contribution is -0.159. The SMILES string of the molecule is COCCNC(=O)N(Cc1ccc(-c2noc(C(F)(F)F)n2)s1)OC. The Kier molecular flexibility index (Phi) is 6.33. The van der Waals surface area contributed by atoms with E-state index >= 15 is 0 Å². The van der Waals surface area contributed by atoms with Gasteiger partial charge in [-0.15, -0.1) is 11.3 Å². The van der Waals surface area contributed by atoms with E-state index in [9.17, 15) is 18.0 Å². The van der Waals surface area contributed by atoms with E-state index in [-0.39, 0.29) is 12.4 Å². The first-order valence-electron chi connectivity index (χ1n) is 6.93. The first-order chi connectivity index (χ1) is 11.8. The molecule has 0 atom stereocenters. The zero-order valence-corrected chi connectivity index (χ0v) is 14.1. The van der Waals surface area contributed by atoms with Crippen LogP contribution in [0.5, 0.6) is 0 Å². The second-order valence-electron chi connectivity index (χ2n) is 4.63. The van der Waals surface area contributed by atoms with Gasteiger partial charge in [-0.1, -0.05) is 5.16 Å². The first kappa shape index (κ1) is 19.1. The van der Waals surface area contributed by atoms with Crippen LogP contribution >= 0.6 is 11.3 Å². The van der Waals surface area contributed by atoms with Gasteiger partial charge in [-0.25, -0.2) is 4.79 Å². The van der Waals surface area contributed by atoms with E-state index in [1.54, 1.807) is 12.1 Å². The van der Waals surface area contributed by atoms with Crippen molar-refractivity contribution in [2.75, 3.05) is 27.4 Å². The van der Waals surface area contributed by atoms with Gasteiger partial charge in [0.05, 0.1) is 25.1 Å². The van der Waals surface area contributed by atoms with Gasteiger partial charge in [0.25, 0.3) is 0 Å². The monoisotopic (exact) mass is 380 g/mol. The first-order valence-corrected chi connectivity index (χ1v) is 7.75. The second kappa shape index (κ2) is 8.27. The Morgan fingerprint density at radius 2 is 2.16 bits per heavy atom. The van der Waals surface area contributed by atoms with Gasteiger partial charge in [0, 0.05) is 18.5 Å². The highest BCUT2D eigenvalue weighted by molar-refractivity contribution is 7.15. The van der Waals surface area contributed by atoms with Crippen molar-refractivity contribution in [1.82, 2.24) is 20.5 Å². The van der Waals surface area contributed by atoms with Crippen molar-refractivity contribution in [2.24, 2.45) is 0 Å². The summed E-state index contributed by atoms with van der Waals surface area (Å²) in [4.78, 5) is 21.3. The van der Waals surface area contributed by atoms with Crippen LogP contribution in [0.2, 0.25) is 0 Å². The zero-order valence-electron chi connectivity index (χ0n) is 13.3. The summed E-state index contributed by atoms with van der Waals surface area (Å²) in [7, 11) is 2.84. The lowest BCUT2D eigenvalue weighted by atomic mass is 10.4. The van der Waals surface area contributed by atoms with Gasteiger partial charge in [-0.3, -0.25) is 4.84 Å². The van der Waals surface area contributed by atoms with Crippen molar-refractivity contribution < 1.29 is 32.1 Å². The Balaban J connectivity index is 2.02. The fourth-order valence-corrected chi connectivity index (χ4v) is 2.64. The maximum Gasteiger partial charge on any atom is 0.471 e. The summed E-state index contributed by atoms with van der Waals surface area (Å²) in [6.07, 6.45) is -4.70. The number of nitrogens with zero attached hydrogens (tertiary/aromatic N) is 3. The molecule has 25 heavy (non-hydrogen) atoms. The highest BCUT2D eigenvalue weighted by Crippen LogP contribution is 2.32. The standard InChI is InChI=1S/C13H15F3N4O4S/c1-22-6-5-17-12(21)20(23-2)7-8-3-4-9(25-8)10-18-11(24-19-10)13(14,15)16/h3-4H,5-7H2,1-2H3,(H,17,21). The van der Waals surface area contributed by atoms with Crippen molar-refractivity contribution in [3.8, 4) is 10.7 Å². The number of thiophene rings is 1. The van der Waals surface area contributed by atoms with Gasteiger partial charge >= 0.3 is 18.1 Å². The molecule has 0 aliphatic carbocycles. The third-order valence-electron chi connectivity index (χ3n) is 2.88. The fraction of sp³-hybridized carbons (Fsp3) is 0.462. The van der Waals surface area contributed by atoms with Crippen molar-refractivity contribution in [3.05, 3.63) is 22.9 Å². The molecular formula is C13H15F3N4O4S. The largest absolute Gasteiger partial charge is 0.471 e. The average Bonchev–Trinajstić information content (AvgIpc) is 3.21. The summed E-state index contributed by atoms with van der Waals surface area (Å²) < 4.78 is 46.5. The molecule has 8 nitrogen and oxygen atoms in total. The number of aromatic nitrogens is 2. The lowest BCUT2D eigenvalue weighted by Gasteiger charge is -2.19. The van der Waals surface area contributed by atoms with Crippen LogP contribution in [-0.4, -0.2) is 48.6 Å². The second-order valence-corrected chi connectivity index (χ2v) is 5.80. The molecule has 2 aromatic rings. The van der Waals surface area contributed by atoms with E-state index in [2.05, 4.69) is 20.0 Å². The summed E-state index contributed by atoms with van der Waals surface area (Å²) in [6.45, 7) is 0.768. The van der Waals surface area contributed by atoms with Crippen LogP contribution in [-0.2, 0) is 22.3 Å². The van der Waals surface area contributed by atoms with E-state index in [0.29, 0.717) is 22.9 Å². The molecule has 0 saturated heterocycles. The minimum Gasteiger partial charge on any atom is -0.383 e. The molecule has 0 aliphatic heterocycles. The summed E-state index contributed by atoms with van der Waals surface area (Å²) in [5.74, 6) is -1.58. The lowest BCUT2D eigenvalue weighted by Crippen LogP contribution is -2.39. The van der Waals surface area contributed by atoms with Gasteiger partial charge in [-0.2, -0.15) is 23.2 Å². The normalized spacial score (nSPS) is 11.6. The van der Waals surface area contributed by atoms with Gasteiger partial charge in [0.2, 0.25) is 5.82 Å². The molecule has 0 bridgehead atoms. The van der Waals surface area contributed by atoms with Crippen molar-refractivity contribution in [1.29, 1.82) is 0 Å². The fourth-order valence-electron chi connectivity index (χ4n) is 1.73. The molecule has 0 aromatic carbocycles. The van der Waals surface area contributed by atoms with E-state index in [4.69, 9.17) is 9.57 Å². The van der Waals surface area contributed by atoms with Gasteiger partial charge in [-0.05, 0) is 12.1 Å². The molecule has 0 saturated carbocycles. The minimum absolute atomic E-state index is 0.101. The predicted molar refractivity (Wildman–Crippen MR) is 80.4 cm³/mol. The number of hydrogen-bond donors (Lipinski definition) is 1. The summed E-state index contributed by atoms with van der Waals surface area (Å²) in [5.41, 5.74) is 0. The average molecular weight is 380 g/mol. The molecule has 0 unspecified atom stereocenters. The minimum atomic E-state index is -4.70. The topological polar surface area (TPSA) is 89.7 Å². The molecule has 2 aromatic heterocycles. The van der Waals surface area contributed by atoms with Gasteiger partial charge in [0.15, 0.2) is 0 Å². The third-order valence-corrected chi connectivity index (χ3v) is 3.95. The van der Waals surface area contributed by atoms with Crippen molar-refractivity contribution in [2.45, 2.75) is 12.7 Å². The number of carbonyl (C=O) groups is 1. The number of halogens is 3. The number of hydroxylamine groups is 2. The molecular weight excluding hydrogens is 365 g/mol. The van der Waals surface area contributed by atoms with E-state index < -0.39 is 18.1 Å². The number of amides is 2. The Hall–Kier alpha value is -2.18. The number of alkyl halides is 3. The van der Waals surface area contributed by atoms with Crippen LogP contribution in [0.25, 0.3) is 10.7 Å². The molecule has 2 amide bonds. The van der Waals surface area contributed by atoms with Gasteiger partial charge in [0.1, 0.15) is 0 Å². The number of rotatable bonds is 7. The Bertz CT molecular complexity index is 704. The van der Waals surface area contributed by atoms with Crippen LogP contribution in [0.3, 0.4) is 0 Å². The maximum absolute atomic E-state index is 12.5. The molecule has 0 radical (unpaired) electrons. The Morgan fingerprint density at radius 1 is 1.40 bits per heavy atom. The van der Waals surface area contributed by atoms with E-state index in [1.165, 1.54) is 14.2 Å². The van der Waals surface area contributed by atoms with E-state index in [0.717, 1.165) is 16.4 Å². The summed E-state index contributed by atoms with van der Waals surface area (Å²) >= 11 is 1.12. The molecule has 2 rings (SSSR count). The molecule has 138 valence electrons. The molecule has 12 heteroatoms. The smallest absolute Gasteiger partial charge is 0.383 e. The van der Waals surface area contributed by atoms with Crippen LogP contribution in [0.1, 0.15) is 10.8 Å². The van der Waals surface area contributed by atoms with E-state index in [1.807, 2.05) is 0 Å². The number of hydrogen-bond acceptors (Lipinski definition) is 7. The number of urea groups is 1. The number of ether oxygens (including phenoxy) is 1. The molecule has 2 heterocycles. The van der Waals surface area contributed by atoms with Gasteiger partial charge < -0.3 is 14.6 Å². The number of carbonyl (C=O) groups excluding carboxylic acids is 1. The van der Waals surface area contributed by atoms with Crippen LogP contribution in [0, 0.1) is 0 Å². The highest BCUT2D eigenvalue weighted by Gasteiger charge is 2.38. The molecule has 0 fully saturated rings. The maximum atomic E-state index is 12.5. The highest BCUT2D eigenvalue weighted by atomic mass is 32.1. The molecule has 0 spiro atoms. The Morgan fingerprint density at radius 3 is 2.76 bits per heavy atom. The zero-order chi connectivity index (χ0) is 18.4. The van der Waals surface area contributed by atoms with Crippen LogP contribution in [0.4, 0.5) is 18.0 Å². The third kappa shape index (κ3) is 5.14. The molecule has 0 aliphatic rings. The quantitative estimate of drug-likeness (QED) is 0.587. The van der Waals surface area contributed by atoms with Crippen LogP contribution < -0.4 is 5.32 Å². The molecule has 1 N–H and O–H groups in total. The Labute approximate surface area is 144 Å². The number of methoxy groups -OCH3 is 1. The van der Waals surface area contributed by atoms with Crippen molar-refractivity contribution >= 4 is 17.4 Å². The predicted octanol–water partition coefficient (Wildman–Crippen LogP) is 2.54. The van der Waals surface area contributed by atoms with Crippen LogP contribution in [0.15, 0.2) is 16.7 Å². The number of nitrogens with one attached hydrogen (secondary N) is 1. The summed E-state index contributed by atoms with van der Waals surface area (Å²) in [5, 5.41) is 6.98.